The normalized spacial score (nSPS) is 10.6. The second-order valence-corrected chi connectivity index (χ2v) is 7.08. The fraction of sp³-hybridized carbons (Fsp3) is 0.632. The van der Waals surface area contributed by atoms with Crippen molar-refractivity contribution in [1.29, 1.82) is 0 Å². The number of rotatable bonds is 12. The molecule has 4 nitrogen and oxygen atoms in total. The molecule has 0 unspecified atom stereocenters. The van der Waals surface area contributed by atoms with E-state index in [0.717, 1.165) is 38.2 Å². The lowest BCUT2D eigenvalue weighted by Gasteiger charge is -2.15. The van der Waals surface area contributed by atoms with Gasteiger partial charge >= 0.3 is 0 Å². The summed E-state index contributed by atoms with van der Waals surface area (Å²) >= 11 is 1.38. The molecule has 0 aromatic heterocycles. The molecule has 0 saturated heterocycles. The minimum atomic E-state index is 0. The Hall–Kier alpha value is -0.910. The van der Waals surface area contributed by atoms with Gasteiger partial charge < -0.3 is 27.8 Å². The van der Waals surface area contributed by atoms with Gasteiger partial charge in [-0.25, -0.2) is 0 Å². The largest absolute Gasteiger partial charge is 1.00 e. The highest BCUT2D eigenvalue weighted by Crippen LogP contribution is 2.26. The van der Waals surface area contributed by atoms with E-state index in [9.17, 15) is 4.79 Å². The van der Waals surface area contributed by atoms with Crippen molar-refractivity contribution in [3.05, 3.63) is 23.8 Å². The Morgan fingerprint density at radius 3 is 2.52 bits per heavy atom. The van der Waals surface area contributed by atoms with Gasteiger partial charge in [0.1, 0.15) is 5.75 Å². The summed E-state index contributed by atoms with van der Waals surface area (Å²) < 4.78 is 5.84. The number of benzene rings is 1. The number of hydrogen-bond donors (Lipinski definition) is 2. The highest BCUT2D eigenvalue weighted by Gasteiger charge is 2.15. The monoisotopic (exact) mass is 388 g/mol. The Kier molecular flexibility index (Phi) is 13.8. The molecule has 0 spiro atoms. The summed E-state index contributed by atoms with van der Waals surface area (Å²) in [5.74, 6) is 1.45. The number of quaternary nitrogens is 1. The first-order valence-electron chi connectivity index (χ1n) is 9.15. The molecule has 0 aliphatic heterocycles. The third-order valence-corrected chi connectivity index (χ3v) is 5.06. The Morgan fingerprint density at radius 1 is 1.16 bits per heavy atom. The van der Waals surface area contributed by atoms with Crippen molar-refractivity contribution >= 4 is 22.6 Å². The van der Waals surface area contributed by atoms with Crippen LogP contribution in [0.2, 0.25) is 0 Å². The minimum Gasteiger partial charge on any atom is -1.00 e. The smallest absolute Gasteiger partial charge is 0.223 e. The van der Waals surface area contributed by atoms with E-state index < -0.39 is 0 Å². The van der Waals surface area contributed by atoms with Gasteiger partial charge in [0.2, 0.25) is 5.12 Å². The van der Waals surface area contributed by atoms with Crippen LogP contribution in [0.4, 0.5) is 5.69 Å². The van der Waals surface area contributed by atoms with E-state index in [4.69, 9.17) is 10.5 Å². The third-order valence-electron chi connectivity index (χ3n) is 4.17. The van der Waals surface area contributed by atoms with E-state index in [2.05, 4.69) is 20.8 Å². The summed E-state index contributed by atoms with van der Waals surface area (Å²) in [4.78, 5) is 14.0. The molecular formula is C19H33ClN2O2S. The first kappa shape index (κ1) is 24.1. The van der Waals surface area contributed by atoms with Gasteiger partial charge in [0.25, 0.3) is 0 Å². The Balaban J connectivity index is 0.00000576. The SMILES string of the molecule is CCCCCCOc1cc(N)ccc1C(=O)SCC[NH+](CC)CC.[Cl-]. The van der Waals surface area contributed by atoms with Gasteiger partial charge in [0, 0.05) is 11.8 Å². The second kappa shape index (κ2) is 14.3. The highest BCUT2D eigenvalue weighted by atomic mass is 35.5. The summed E-state index contributed by atoms with van der Waals surface area (Å²) in [6, 6.07) is 5.33. The van der Waals surface area contributed by atoms with Gasteiger partial charge in [0.05, 0.1) is 37.6 Å². The number of nitrogen functional groups attached to an aromatic ring is 1. The van der Waals surface area contributed by atoms with E-state index in [1.165, 1.54) is 29.5 Å². The fourth-order valence-electron chi connectivity index (χ4n) is 2.51. The van der Waals surface area contributed by atoms with E-state index >= 15 is 0 Å². The quantitative estimate of drug-likeness (QED) is 0.392. The molecule has 0 atom stereocenters. The molecule has 0 heterocycles. The van der Waals surface area contributed by atoms with Crippen molar-refractivity contribution in [2.24, 2.45) is 0 Å². The number of nitrogens with one attached hydrogen (secondary N) is 1. The van der Waals surface area contributed by atoms with Gasteiger partial charge in [-0.1, -0.05) is 37.9 Å². The van der Waals surface area contributed by atoms with E-state index in [1.54, 1.807) is 18.2 Å². The van der Waals surface area contributed by atoms with E-state index in [0.29, 0.717) is 23.6 Å². The van der Waals surface area contributed by atoms with Crippen LogP contribution in [0.15, 0.2) is 18.2 Å². The summed E-state index contributed by atoms with van der Waals surface area (Å²) in [5.41, 5.74) is 7.12. The van der Waals surface area contributed by atoms with Crippen LogP contribution in [-0.4, -0.2) is 37.1 Å². The predicted octanol–water partition coefficient (Wildman–Crippen LogP) is 0.0300. The number of carbonyl (C=O) groups is 1. The number of anilines is 1. The molecule has 1 rings (SSSR count). The van der Waals surface area contributed by atoms with Crippen molar-refractivity contribution in [1.82, 2.24) is 0 Å². The fourth-order valence-corrected chi connectivity index (χ4v) is 3.41. The van der Waals surface area contributed by atoms with Gasteiger partial charge in [-0.05, 0) is 32.4 Å². The van der Waals surface area contributed by atoms with Crippen LogP contribution < -0.4 is 27.8 Å². The summed E-state index contributed by atoms with van der Waals surface area (Å²) in [7, 11) is 0. The number of nitrogens with two attached hydrogens (primary N) is 1. The molecule has 3 N–H and O–H groups in total. The van der Waals surface area contributed by atoms with Crippen molar-refractivity contribution in [3.8, 4) is 5.75 Å². The molecule has 0 radical (unpaired) electrons. The number of carbonyl (C=O) groups excluding carboxylic acids is 1. The van der Waals surface area contributed by atoms with Gasteiger partial charge in [-0.15, -0.1) is 0 Å². The zero-order chi connectivity index (χ0) is 17.8. The molecular weight excluding hydrogens is 356 g/mol. The first-order chi connectivity index (χ1) is 11.6. The number of thioether (sulfide) groups is 1. The molecule has 144 valence electrons. The molecule has 6 heteroatoms. The third kappa shape index (κ3) is 9.38. The topological polar surface area (TPSA) is 56.8 Å². The number of hydrogen-bond acceptors (Lipinski definition) is 4. The summed E-state index contributed by atoms with van der Waals surface area (Å²) in [5, 5.41) is 0.0742. The van der Waals surface area contributed by atoms with Crippen molar-refractivity contribution in [2.75, 3.05) is 37.7 Å². The van der Waals surface area contributed by atoms with Crippen LogP contribution in [0.25, 0.3) is 0 Å². The maximum absolute atomic E-state index is 12.5. The lowest BCUT2D eigenvalue weighted by molar-refractivity contribution is -0.893. The molecule has 1 aromatic carbocycles. The van der Waals surface area contributed by atoms with Crippen molar-refractivity contribution in [3.63, 3.8) is 0 Å². The van der Waals surface area contributed by atoms with Crippen LogP contribution in [0, 0.1) is 0 Å². The van der Waals surface area contributed by atoms with Gasteiger partial charge in [-0.2, -0.15) is 0 Å². The highest BCUT2D eigenvalue weighted by molar-refractivity contribution is 8.14. The predicted molar refractivity (Wildman–Crippen MR) is 104 cm³/mol. The molecule has 25 heavy (non-hydrogen) atoms. The lowest BCUT2D eigenvalue weighted by Crippen LogP contribution is -3.11. The lowest BCUT2D eigenvalue weighted by atomic mass is 10.2. The maximum atomic E-state index is 12.5. The number of halogens is 1. The Bertz CT molecular complexity index is 496. The standard InChI is InChI=1S/C19H32N2O2S.ClH/c1-4-7-8-9-13-23-18-15-16(20)10-11-17(18)19(22)24-14-12-21(5-2)6-3;/h10-11,15H,4-9,12-14,20H2,1-3H3;1H. The minimum absolute atomic E-state index is 0. The van der Waals surface area contributed by atoms with Crippen molar-refractivity contribution in [2.45, 2.75) is 46.5 Å². The molecule has 0 amide bonds. The van der Waals surface area contributed by atoms with Crippen LogP contribution in [0.1, 0.15) is 56.8 Å². The van der Waals surface area contributed by atoms with Gasteiger partial charge in [-0.3, -0.25) is 4.79 Å². The average Bonchev–Trinajstić information content (AvgIpc) is 2.58. The van der Waals surface area contributed by atoms with E-state index in [-0.39, 0.29) is 17.5 Å². The summed E-state index contributed by atoms with van der Waals surface area (Å²) in [6.07, 6.45) is 4.58. The summed E-state index contributed by atoms with van der Waals surface area (Å²) in [6.45, 7) is 10.4. The van der Waals surface area contributed by atoms with E-state index in [1.807, 2.05) is 0 Å². The van der Waals surface area contributed by atoms with Gasteiger partial charge in [0.15, 0.2) is 0 Å². The maximum Gasteiger partial charge on any atom is 0.223 e. The van der Waals surface area contributed by atoms with Crippen LogP contribution in [0.3, 0.4) is 0 Å². The number of ether oxygens (including phenoxy) is 1. The molecule has 1 aromatic rings. The molecule has 0 aliphatic carbocycles. The Labute approximate surface area is 163 Å². The zero-order valence-corrected chi connectivity index (χ0v) is 17.3. The zero-order valence-electron chi connectivity index (χ0n) is 15.8. The first-order valence-corrected chi connectivity index (χ1v) is 10.1. The molecule has 0 saturated carbocycles. The van der Waals surface area contributed by atoms with Crippen LogP contribution in [0.5, 0.6) is 5.75 Å². The van der Waals surface area contributed by atoms with Crippen LogP contribution >= 0.6 is 11.8 Å². The van der Waals surface area contributed by atoms with Crippen LogP contribution in [-0.2, 0) is 0 Å². The molecule has 0 bridgehead atoms. The number of unbranched alkanes of at least 4 members (excludes halogenated alkanes) is 3. The Morgan fingerprint density at radius 2 is 1.88 bits per heavy atom. The second-order valence-electron chi connectivity index (χ2n) is 6.01. The molecule has 0 fully saturated rings. The average molecular weight is 389 g/mol. The van der Waals surface area contributed by atoms with Crippen molar-refractivity contribution < 1.29 is 26.8 Å². The molecule has 0 aliphatic rings.